The highest BCUT2D eigenvalue weighted by atomic mass is 35.5. The third kappa shape index (κ3) is 3.16. The van der Waals surface area contributed by atoms with Crippen molar-refractivity contribution in [2.45, 2.75) is 32.4 Å². The van der Waals surface area contributed by atoms with E-state index in [1.165, 1.54) is 6.07 Å². The van der Waals surface area contributed by atoms with Crippen molar-refractivity contribution >= 4 is 12.4 Å². The van der Waals surface area contributed by atoms with E-state index in [1.54, 1.807) is 19.1 Å². The Labute approximate surface area is 95.7 Å². The van der Waals surface area contributed by atoms with Crippen LogP contribution in [0.1, 0.15) is 30.5 Å². The molecule has 0 heterocycles. The van der Waals surface area contributed by atoms with Gasteiger partial charge >= 0.3 is 0 Å². The molecule has 0 aliphatic heterocycles. The lowest BCUT2D eigenvalue weighted by molar-refractivity contribution is 0.140. The molecule has 0 amide bonds. The summed E-state index contributed by atoms with van der Waals surface area (Å²) in [4.78, 5) is 0. The number of aliphatic hydroxyl groups is 1. The molecule has 1 aromatic carbocycles. The molecule has 0 saturated heterocycles. The normalized spacial score (nSPS) is 14.2. The van der Waals surface area contributed by atoms with Crippen LogP contribution in [-0.4, -0.2) is 11.2 Å². The van der Waals surface area contributed by atoms with Crippen LogP contribution in [-0.2, 0) is 0 Å². The van der Waals surface area contributed by atoms with Gasteiger partial charge in [-0.3, -0.25) is 0 Å². The predicted octanol–water partition coefficient (Wildman–Crippen LogP) is 2.33. The number of hydrogen-bond donors (Lipinski definition) is 2. The first-order valence-electron chi connectivity index (χ1n) is 4.76. The fourth-order valence-electron chi connectivity index (χ4n) is 1.45. The number of nitrogens with two attached hydrogens (primary N) is 1. The van der Waals surface area contributed by atoms with Crippen molar-refractivity contribution in [2.24, 2.45) is 5.73 Å². The molecular formula is C11H17ClFNO. The van der Waals surface area contributed by atoms with Gasteiger partial charge in [-0.05, 0) is 30.5 Å². The summed E-state index contributed by atoms with van der Waals surface area (Å²) in [5.74, 6) is -0.277. The first-order chi connectivity index (χ1) is 6.57. The van der Waals surface area contributed by atoms with Gasteiger partial charge in [0, 0.05) is 0 Å². The first kappa shape index (κ1) is 14.4. The van der Waals surface area contributed by atoms with Crippen molar-refractivity contribution < 1.29 is 9.50 Å². The summed E-state index contributed by atoms with van der Waals surface area (Å²) >= 11 is 0. The van der Waals surface area contributed by atoms with E-state index in [1.807, 2.05) is 6.92 Å². The van der Waals surface area contributed by atoms with Gasteiger partial charge in [-0.1, -0.05) is 19.1 Å². The summed E-state index contributed by atoms with van der Waals surface area (Å²) < 4.78 is 13.2. The molecule has 1 aromatic rings. The summed E-state index contributed by atoms with van der Waals surface area (Å²) in [7, 11) is 0. The van der Waals surface area contributed by atoms with E-state index < -0.39 is 12.1 Å². The largest absolute Gasteiger partial charge is 0.391 e. The molecule has 0 radical (unpaired) electrons. The molecule has 0 unspecified atom stereocenters. The van der Waals surface area contributed by atoms with Crippen LogP contribution in [0.4, 0.5) is 4.39 Å². The minimum absolute atomic E-state index is 0. The molecular weight excluding hydrogens is 217 g/mol. The average Bonchev–Trinajstić information content (AvgIpc) is 2.20. The molecule has 2 nitrogen and oxygen atoms in total. The van der Waals surface area contributed by atoms with Crippen molar-refractivity contribution in [3.05, 3.63) is 35.1 Å². The number of hydrogen-bond acceptors (Lipinski definition) is 2. The molecule has 15 heavy (non-hydrogen) atoms. The van der Waals surface area contributed by atoms with Crippen LogP contribution in [0.25, 0.3) is 0 Å². The van der Waals surface area contributed by atoms with E-state index in [2.05, 4.69) is 0 Å². The Bertz CT molecular complexity index is 319. The monoisotopic (exact) mass is 233 g/mol. The number of aliphatic hydroxyl groups excluding tert-OH is 1. The van der Waals surface area contributed by atoms with Crippen LogP contribution in [0.2, 0.25) is 0 Å². The van der Waals surface area contributed by atoms with Gasteiger partial charge in [0.05, 0.1) is 12.1 Å². The average molecular weight is 234 g/mol. The van der Waals surface area contributed by atoms with Crippen molar-refractivity contribution in [3.8, 4) is 0 Å². The molecule has 0 aliphatic carbocycles. The fourth-order valence-corrected chi connectivity index (χ4v) is 1.45. The van der Waals surface area contributed by atoms with Gasteiger partial charge in [-0.2, -0.15) is 0 Å². The Morgan fingerprint density at radius 1 is 1.47 bits per heavy atom. The highest BCUT2D eigenvalue weighted by Gasteiger charge is 2.17. The van der Waals surface area contributed by atoms with Gasteiger partial charge in [0.25, 0.3) is 0 Å². The molecule has 0 aliphatic rings. The van der Waals surface area contributed by atoms with E-state index >= 15 is 0 Å². The summed E-state index contributed by atoms with van der Waals surface area (Å²) in [6.07, 6.45) is -0.0487. The van der Waals surface area contributed by atoms with Crippen LogP contribution in [0.5, 0.6) is 0 Å². The maximum atomic E-state index is 13.2. The second-order valence-electron chi connectivity index (χ2n) is 3.46. The lowest BCUT2D eigenvalue weighted by Gasteiger charge is -2.19. The maximum absolute atomic E-state index is 13.2. The van der Waals surface area contributed by atoms with E-state index in [4.69, 9.17) is 5.73 Å². The van der Waals surface area contributed by atoms with Crippen molar-refractivity contribution in [3.63, 3.8) is 0 Å². The Morgan fingerprint density at radius 2 is 2.07 bits per heavy atom. The number of halogens is 2. The first-order valence-corrected chi connectivity index (χ1v) is 4.76. The summed E-state index contributed by atoms with van der Waals surface area (Å²) in [6.45, 7) is 3.52. The predicted molar refractivity (Wildman–Crippen MR) is 61.6 cm³/mol. The molecule has 0 bridgehead atoms. The van der Waals surface area contributed by atoms with Gasteiger partial charge in [0.1, 0.15) is 5.82 Å². The van der Waals surface area contributed by atoms with Gasteiger partial charge < -0.3 is 10.8 Å². The molecule has 1 rings (SSSR count). The van der Waals surface area contributed by atoms with Crippen LogP contribution in [0, 0.1) is 12.7 Å². The maximum Gasteiger partial charge on any atom is 0.126 e. The Balaban J connectivity index is 0.00000196. The van der Waals surface area contributed by atoms with Crippen LogP contribution >= 0.6 is 12.4 Å². The van der Waals surface area contributed by atoms with Crippen molar-refractivity contribution in [2.75, 3.05) is 0 Å². The van der Waals surface area contributed by atoms with Gasteiger partial charge in [-0.25, -0.2) is 4.39 Å². The quantitative estimate of drug-likeness (QED) is 0.842. The summed E-state index contributed by atoms with van der Waals surface area (Å²) in [5, 5.41) is 9.55. The molecule has 0 aromatic heterocycles. The zero-order chi connectivity index (χ0) is 10.7. The van der Waals surface area contributed by atoms with E-state index in [0.717, 1.165) is 0 Å². The van der Waals surface area contributed by atoms with Gasteiger partial charge in [0.2, 0.25) is 0 Å². The third-order valence-electron chi connectivity index (χ3n) is 2.50. The third-order valence-corrected chi connectivity index (χ3v) is 2.50. The highest BCUT2D eigenvalue weighted by molar-refractivity contribution is 5.85. The SMILES string of the molecule is CC[C@@H](O)[C@@H](N)c1cccc(F)c1C.Cl. The lowest BCUT2D eigenvalue weighted by Crippen LogP contribution is -2.26. The lowest BCUT2D eigenvalue weighted by atomic mass is 9.96. The second kappa shape index (κ2) is 6.05. The van der Waals surface area contributed by atoms with Gasteiger partial charge in [0.15, 0.2) is 0 Å². The van der Waals surface area contributed by atoms with E-state index in [0.29, 0.717) is 17.5 Å². The number of rotatable bonds is 3. The molecule has 0 fully saturated rings. The molecule has 0 saturated carbocycles. The fraction of sp³-hybridized carbons (Fsp3) is 0.455. The Hall–Kier alpha value is -0.640. The topological polar surface area (TPSA) is 46.2 Å². The van der Waals surface area contributed by atoms with E-state index in [-0.39, 0.29) is 18.2 Å². The minimum Gasteiger partial charge on any atom is -0.391 e. The molecule has 3 N–H and O–H groups in total. The van der Waals surface area contributed by atoms with Crippen LogP contribution in [0.3, 0.4) is 0 Å². The van der Waals surface area contributed by atoms with Crippen molar-refractivity contribution in [1.82, 2.24) is 0 Å². The van der Waals surface area contributed by atoms with Crippen LogP contribution < -0.4 is 5.73 Å². The van der Waals surface area contributed by atoms with E-state index in [9.17, 15) is 9.50 Å². The molecule has 2 atom stereocenters. The molecule has 86 valence electrons. The molecule has 0 spiro atoms. The minimum atomic E-state index is -0.615. The Kier molecular flexibility index (Phi) is 5.80. The van der Waals surface area contributed by atoms with Gasteiger partial charge in [-0.15, -0.1) is 12.4 Å². The van der Waals surface area contributed by atoms with Crippen LogP contribution in [0.15, 0.2) is 18.2 Å². The standard InChI is InChI=1S/C11H16FNO.ClH/c1-3-10(14)11(13)8-5-4-6-9(12)7(8)2;/h4-6,10-11,14H,3,13H2,1-2H3;1H/t10-,11+;/m1./s1. The highest BCUT2D eigenvalue weighted by Crippen LogP contribution is 2.21. The number of benzene rings is 1. The zero-order valence-electron chi connectivity index (χ0n) is 8.90. The molecule has 4 heteroatoms. The zero-order valence-corrected chi connectivity index (χ0v) is 9.72. The summed E-state index contributed by atoms with van der Waals surface area (Å²) in [5.41, 5.74) is 7.00. The Morgan fingerprint density at radius 3 is 2.60 bits per heavy atom. The van der Waals surface area contributed by atoms with Crippen molar-refractivity contribution in [1.29, 1.82) is 0 Å². The second-order valence-corrected chi connectivity index (χ2v) is 3.46. The smallest absolute Gasteiger partial charge is 0.126 e. The summed E-state index contributed by atoms with van der Waals surface area (Å²) in [6, 6.07) is 4.25.